The zero-order chi connectivity index (χ0) is 15.2. The molecule has 0 unspecified atom stereocenters. The number of likely N-dealkylation sites (N-methyl/N-ethyl adjacent to an activating group) is 1. The maximum absolute atomic E-state index is 11.8. The third-order valence-corrected chi connectivity index (χ3v) is 2.69. The maximum Gasteiger partial charge on any atom is 0.225 e. The predicted molar refractivity (Wildman–Crippen MR) is 77.0 cm³/mol. The number of amides is 1. The first-order valence-corrected chi connectivity index (χ1v) is 6.55. The van der Waals surface area contributed by atoms with Crippen LogP contribution in [0.4, 0.5) is 0 Å². The molecule has 0 aliphatic rings. The van der Waals surface area contributed by atoms with E-state index < -0.39 is 5.60 Å². The van der Waals surface area contributed by atoms with E-state index in [1.807, 2.05) is 0 Å². The second-order valence-corrected chi connectivity index (χ2v) is 5.34. The summed E-state index contributed by atoms with van der Waals surface area (Å²) in [7, 11) is 3.28. The smallest absolute Gasteiger partial charge is 0.225 e. The fourth-order valence-corrected chi connectivity index (χ4v) is 1.79. The van der Waals surface area contributed by atoms with Crippen LogP contribution in [0.2, 0.25) is 0 Å². The minimum absolute atomic E-state index is 0.0550. The molecule has 5 heteroatoms. The highest BCUT2D eigenvalue weighted by Crippen LogP contribution is 2.17. The summed E-state index contributed by atoms with van der Waals surface area (Å²) in [4.78, 5) is 13.3. The van der Waals surface area contributed by atoms with Crippen molar-refractivity contribution in [1.29, 1.82) is 0 Å². The summed E-state index contributed by atoms with van der Waals surface area (Å²) in [5.74, 6) is 1.41. The predicted octanol–water partition coefficient (Wildman–Crippen LogP) is 1.69. The molecule has 0 radical (unpaired) electrons. The number of rotatable bonds is 7. The number of ether oxygens (including phenoxy) is 2. The van der Waals surface area contributed by atoms with Crippen molar-refractivity contribution in [2.75, 3.05) is 27.3 Å². The molecular formula is C15H23NO4. The highest BCUT2D eigenvalue weighted by Gasteiger charge is 2.19. The Balaban J connectivity index is 2.34. The number of benzene rings is 1. The third kappa shape index (κ3) is 5.93. The summed E-state index contributed by atoms with van der Waals surface area (Å²) in [6.45, 7) is 3.95. The van der Waals surface area contributed by atoms with Crippen LogP contribution < -0.4 is 9.47 Å². The summed E-state index contributed by atoms with van der Waals surface area (Å²) in [6.07, 6.45) is 0.276. The van der Waals surface area contributed by atoms with Gasteiger partial charge in [-0.05, 0) is 38.1 Å². The highest BCUT2D eigenvalue weighted by atomic mass is 16.5. The summed E-state index contributed by atoms with van der Waals surface area (Å²) in [5.41, 5.74) is -0.888. The lowest BCUT2D eigenvalue weighted by atomic mass is 10.1. The number of carbonyl (C=O) groups is 1. The average Bonchev–Trinajstić information content (AvgIpc) is 2.37. The minimum Gasteiger partial charge on any atom is -0.497 e. The van der Waals surface area contributed by atoms with Crippen molar-refractivity contribution in [2.24, 2.45) is 0 Å². The van der Waals surface area contributed by atoms with Crippen LogP contribution in [0.15, 0.2) is 24.3 Å². The Morgan fingerprint density at radius 3 is 2.30 bits per heavy atom. The first-order valence-electron chi connectivity index (χ1n) is 6.55. The molecule has 0 atom stereocenters. The molecule has 0 bridgehead atoms. The normalized spacial score (nSPS) is 11.1. The first-order chi connectivity index (χ1) is 9.31. The van der Waals surface area contributed by atoms with Crippen molar-refractivity contribution in [3.05, 3.63) is 24.3 Å². The molecule has 1 amide bonds. The van der Waals surface area contributed by atoms with E-state index in [0.717, 1.165) is 5.75 Å². The van der Waals surface area contributed by atoms with E-state index >= 15 is 0 Å². The third-order valence-electron chi connectivity index (χ3n) is 2.69. The Kier molecular flexibility index (Phi) is 5.82. The number of hydrogen-bond donors (Lipinski definition) is 1. The van der Waals surface area contributed by atoms with Gasteiger partial charge in [-0.25, -0.2) is 0 Å². The number of hydrogen-bond acceptors (Lipinski definition) is 4. The van der Waals surface area contributed by atoms with Crippen LogP contribution in [0.3, 0.4) is 0 Å². The van der Waals surface area contributed by atoms with Crippen molar-refractivity contribution in [3.63, 3.8) is 0 Å². The zero-order valence-electron chi connectivity index (χ0n) is 12.5. The Morgan fingerprint density at radius 1 is 1.25 bits per heavy atom. The van der Waals surface area contributed by atoms with Gasteiger partial charge in [-0.3, -0.25) is 4.79 Å². The van der Waals surface area contributed by atoms with E-state index in [1.54, 1.807) is 52.3 Å². The Bertz CT molecular complexity index is 422. The van der Waals surface area contributed by atoms with Crippen LogP contribution in [-0.4, -0.2) is 48.8 Å². The molecule has 0 saturated heterocycles. The lowest BCUT2D eigenvalue weighted by molar-refractivity contribution is -0.133. The molecule has 1 aromatic carbocycles. The van der Waals surface area contributed by atoms with E-state index in [9.17, 15) is 9.90 Å². The second kappa shape index (κ2) is 7.14. The fraction of sp³-hybridized carbons (Fsp3) is 0.533. The first kappa shape index (κ1) is 16.3. The van der Waals surface area contributed by atoms with Crippen molar-refractivity contribution < 1.29 is 19.4 Å². The molecule has 0 fully saturated rings. The van der Waals surface area contributed by atoms with Gasteiger partial charge in [0.25, 0.3) is 0 Å². The zero-order valence-corrected chi connectivity index (χ0v) is 12.5. The van der Waals surface area contributed by atoms with Gasteiger partial charge in [0.05, 0.1) is 25.7 Å². The van der Waals surface area contributed by atoms with Crippen LogP contribution in [-0.2, 0) is 4.79 Å². The lowest BCUT2D eigenvalue weighted by Crippen LogP contribution is -2.40. The number of carbonyl (C=O) groups excluding carboxylic acids is 1. The summed E-state index contributed by atoms with van der Waals surface area (Å²) in [5, 5.41) is 9.65. The topological polar surface area (TPSA) is 59.0 Å². The van der Waals surface area contributed by atoms with Crippen molar-refractivity contribution >= 4 is 5.91 Å². The minimum atomic E-state index is -0.888. The Morgan fingerprint density at radius 2 is 1.80 bits per heavy atom. The van der Waals surface area contributed by atoms with Gasteiger partial charge < -0.3 is 19.5 Å². The van der Waals surface area contributed by atoms with Gasteiger partial charge in [-0.15, -0.1) is 0 Å². The molecule has 0 saturated carbocycles. The van der Waals surface area contributed by atoms with Gasteiger partial charge in [0.1, 0.15) is 11.5 Å². The van der Waals surface area contributed by atoms with Gasteiger partial charge in [0, 0.05) is 13.6 Å². The molecule has 0 aliphatic heterocycles. The highest BCUT2D eigenvalue weighted by molar-refractivity contribution is 5.76. The van der Waals surface area contributed by atoms with E-state index in [-0.39, 0.29) is 12.3 Å². The molecular weight excluding hydrogens is 258 g/mol. The molecule has 20 heavy (non-hydrogen) atoms. The van der Waals surface area contributed by atoms with Crippen molar-refractivity contribution in [3.8, 4) is 11.5 Å². The van der Waals surface area contributed by atoms with Gasteiger partial charge in [-0.1, -0.05) is 0 Å². The van der Waals surface area contributed by atoms with E-state index in [1.165, 1.54) is 4.90 Å². The summed E-state index contributed by atoms with van der Waals surface area (Å²) >= 11 is 0. The summed E-state index contributed by atoms with van der Waals surface area (Å²) in [6, 6.07) is 7.20. The van der Waals surface area contributed by atoms with Crippen LogP contribution in [0.1, 0.15) is 20.3 Å². The number of nitrogens with zero attached hydrogens (tertiary/aromatic N) is 1. The van der Waals surface area contributed by atoms with E-state index in [4.69, 9.17) is 9.47 Å². The molecule has 1 N–H and O–H groups in total. The molecule has 0 aliphatic carbocycles. The Labute approximate surface area is 120 Å². The average molecular weight is 281 g/mol. The van der Waals surface area contributed by atoms with Crippen LogP contribution in [0.25, 0.3) is 0 Å². The van der Waals surface area contributed by atoms with E-state index in [0.29, 0.717) is 18.9 Å². The monoisotopic (exact) mass is 281 g/mol. The van der Waals surface area contributed by atoms with Crippen LogP contribution >= 0.6 is 0 Å². The van der Waals surface area contributed by atoms with Gasteiger partial charge in [-0.2, -0.15) is 0 Å². The molecule has 5 nitrogen and oxygen atoms in total. The molecule has 1 aromatic rings. The quantitative estimate of drug-likeness (QED) is 0.826. The maximum atomic E-state index is 11.8. The van der Waals surface area contributed by atoms with Crippen molar-refractivity contribution in [2.45, 2.75) is 25.9 Å². The number of aliphatic hydroxyl groups is 1. The largest absolute Gasteiger partial charge is 0.497 e. The van der Waals surface area contributed by atoms with Gasteiger partial charge in [0.2, 0.25) is 5.91 Å². The van der Waals surface area contributed by atoms with Gasteiger partial charge in [0.15, 0.2) is 0 Å². The van der Waals surface area contributed by atoms with Gasteiger partial charge >= 0.3 is 0 Å². The fourth-order valence-electron chi connectivity index (χ4n) is 1.79. The molecule has 112 valence electrons. The lowest BCUT2D eigenvalue weighted by Gasteiger charge is -2.25. The molecule has 0 spiro atoms. The van der Waals surface area contributed by atoms with Crippen LogP contribution in [0.5, 0.6) is 11.5 Å². The second-order valence-electron chi connectivity index (χ2n) is 5.34. The van der Waals surface area contributed by atoms with Crippen molar-refractivity contribution in [1.82, 2.24) is 4.90 Å². The SMILES string of the molecule is COc1ccc(OCCC(=O)N(C)CC(C)(C)O)cc1. The molecule has 1 rings (SSSR count). The summed E-state index contributed by atoms with van der Waals surface area (Å²) < 4.78 is 10.5. The standard InChI is InChI=1S/C15H23NO4/c1-15(2,18)11-16(3)14(17)9-10-20-13-7-5-12(19-4)6-8-13/h5-8,18H,9-11H2,1-4H3. The Hall–Kier alpha value is -1.75. The van der Waals surface area contributed by atoms with E-state index in [2.05, 4.69) is 0 Å². The molecule has 0 aromatic heterocycles. The van der Waals surface area contributed by atoms with Crippen LogP contribution in [0, 0.1) is 0 Å². The molecule has 0 heterocycles. The number of methoxy groups -OCH3 is 1.